The fourth-order valence-electron chi connectivity index (χ4n) is 3.99. The third kappa shape index (κ3) is 2.94. The number of hydrogen-bond donors (Lipinski definition) is 0. The van der Waals surface area contributed by atoms with Crippen LogP contribution in [0.25, 0.3) is 0 Å². The van der Waals surface area contributed by atoms with Gasteiger partial charge in [-0.05, 0) is 42.5 Å². The first-order valence-electron chi connectivity index (χ1n) is 8.15. The minimum absolute atomic E-state index is 0.813. The van der Waals surface area contributed by atoms with Crippen molar-refractivity contribution in [3.05, 3.63) is 53.7 Å². The molecule has 0 N–H and O–H groups in total. The monoisotopic (exact) mass is 297 g/mol. The molecule has 0 spiro atoms. The molecule has 0 amide bonds. The lowest BCUT2D eigenvalue weighted by Crippen LogP contribution is -2.28. The van der Waals surface area contributed by atoms with Crippen LogP contribution >= 0.6 is 0 Å². The zero-order chi connectivity index (χ0) is 14.9. The van der Waals surface area contributed by atoms with Crippen LogP contribution in [0.3, 0.4) is 0 Å². The van der Waals surface area contributed by atoms with Gasteiger partial charge in [-0.25, -0.2) is 0 Å². The number of hydrogen-bond acceptors (Lipinski definition) is 4. The van der Waals surface area contributed by atoms with Crippen molar-refractivity contribution in [2.24, 2.45) is 11.8 Å². The topological polar surface area (TPSA) is 32.5 Å². The normalized spacial score (nSPS) is 25.7. The molecule has 0 aliphatic carbocycles. The van der Waals surface area contributed by atoms with Gasteiger partial charge in [0, 0.05) is 45.1 Å². The number of rotatable bonds is 4. The van der Waals surface area contributed by atoms with Crippen LogP contribution in [0.2, 0.25) is 0 Å². The maximum atomic E-state index is 5.71. The predicted molar refractivity (Wildman–Crippen MR) is 85.2 cm³/mol. The first-order valence-corrected chi connectivity index (χ1v) is 8.15. The molecule has 4 heterocycles. The lowest BCUT2D eigenvalue weighted by atomic mass is 10.0. The maximum absolute atomic E-state index is 5.71. The second-order valence-electron chi connectivity index (χ2n) is 6.78. The molecule has 0 unspecified atom stereocenters. The molecule has 2 aliphatic rings. The molecule has 22 heavy (non-hydrogen) atoms. The lowest BCUT2D eigenvalue weighted by molar-refractivity contribution is 0.234. The van der Waals surface area contributed by atoms with Crippen molar-refractivity contribution in [1.82, 2.24) is 14.8 Å². The summed E-state index contributed by atoms with van der Waals surface area (Å²) in [5, 5.41) is 0. The summed E-state index contributed by atoms with van der Waals surface area (Å²) >= 11 is 0. The van der Waals surface area contributed by atoms with E-state index in [1.54, 1.807) is 0 Å². The van der Waals surface area contributed by atoms with Crippen LogP contribution in [0.15, 0.2) is 41.1 Å². The van der Waals surface area contributed by atoms with Crippen molar-refractivity contribution in [2.75, 3.05) is 26.2 Å². The quantitative estimate of drug-likeness (QED) is 0.868. The van der Waals surface area contributed by atoms with Crippen molar-refractivity contribution < 1.29 is 4.42 Å². The number of furan rings is 1. The number of likely N-dealkylation sites (tertiary alicyclic amines) is 2. The van der Waals surface area contributed by atoms with E-state index in [9.17, 15) is 0 Å². The Morgan fingerprint density at radius 2 is 1.77 bits per heavy atom. The maximum Gasteiger partial charge on any atom is 0.118 e. The highest BCUT2D eigenvalue weighted by Crippen LogP contribution is 2.32. The predicted octanol–water partition coefficient (Wildman–Crippen LogP) is 2.55. The van der Waals surface area contributed by atoms with Gasteiger partial charge in [-0.1, -0.05) is 6.07 Å². The van der Waals surface area contributed by atoms with Crippen molar-refractivity contribution in [2.45, 2.75) is 20.0 Å². The molecule has 116 valence electrons. The second-order valence-corrected chi connectivity index (χ2v) is 6.78. The second kappa shape index (κ2) is 5.86. The third-order valence-electron chi connectivity index (χ3n) is 4.94. The highest BCUT2D eigenvalue weighted by molar-refractivity contribution is 5.10. The molecule has 0 radical (unpaired) electrons. The van der Waals surface area contributed by atoms with E-state index in [4.69, 9.17) is 4.42 Å². The molecule has 4 heteroatoms. The zero-order valence-corrected chi connectivity index (χ0v) is 13.1. The van der Waals surface area contributed by atoms with Gasteiger partial charge in [0.15, 0.2) is 0 Å². The molecule has 2 aromatic heterocycles. The Labute approximate surface area is 131 Å². The Morgan fingerprint density at radius 3 is 2.36 bits per heavy atom. The van der Waals surface area contributed by atoms with E-state index in [1.165, 1.54) is 31.7 Å². The minimum Gasteiger partial charge on any atom is -0.465 e. The van der Waals surface area contributed by atoms with Gasteiger partial charge in [0.25, 0.3) is 0 Å². The molecular formula is C18H23N3O. The number of nitrogens with zero attached hydrogens (tertiary/aromatic N) is 3. The Balaban J connectivity index is 1.31. The summed E-state index contributed by atoms with van der Waals surface area (Å²) in [6.07, 6.45) is 3.83. The number of aryl methyl sites for hydroxylation is 1. The van der Waals surface area contributed by atoms with E-state index in [2.05, 4.69) is 33.0 Å². The van der Waals surface area contributed by atoms with E-state index in [1.807, 2.05) is 25.4 Å². The standard InChI is InChI=1S/C18H23N3O/c1-14-4-5-18(22-14)13-21-11-16-9-20(10-17(16)12-21)8-15-3-2-6-19-7-15/h2-7,16-17H,8-13H2,1H3/t16-,17+. The summed E-state index contributed by atoms with van der Waals surface area (Å²) in [5.74, 6) is 3.74. The van der Waals surface area contributed by atoms with Gasteiger partial charge in [0.1, 0.15) is 11.5 Å². The van der Waals surface area contributed by atoms with Gasteiger partial charge < -0.3 is 4.42 Å². The Kier molecular flexibility index (Phi) is 3.72. The summed E-state index contributed by atoms with van der Waals surface area (Å²) in [5.41, 5.74) is 1.32. The largest absolute Gasteiger partial charge is 0.465 e. The van der Waals surface area contributed by atoms with Crippen molar-refractivity contribution >= 4 is 0 Å². The van der Waals surface area contributed by atoms with E-state index < -0.39 is 0 Å². The fraction of sp³-hybridized carbons (Fsp3) is 0.500. The summed E-state index contributed by atoms with van der Waals surface area (Å²) in [6, 6.07) is 8.37. The summed E-state index contributed by atoms with van der Waals surface area (Å²) < 4.78 is 5.71. The molecule has 0 aromatic carbocycles. The Bertz CT molecular complexity index is 610. The van der Waals surface area contributed by atoms with Gasteiger partial charge in [-0.3, -0.25) is 14.8 Å². The molecule has 4 rings (SSSR count). The summed E-state index contributed by atoms with van der Waals surface area (Å²) in [7, 11) is 0. The Hall–Kier alpha value is -1.65. The van der Waals surface area contributed by atoms with Crippen molar-refractivity contribution in [1.29, 1.82) is 0 Å². The lowest BCUT2D eigenvalue weighted by Gasteiger charge is -2.20. The summed E-state index contributed by atoms with van der Waals surface area (Å²) in [4.78, 5) is 9.35. The third-order valence-corrected chi connectivity index (χ3v) is 4.94. The first kappa shape index (κ1) is 14.0. The van der Waals surface area contributed by atoms with E-state index >= 15 is 0 Å². The van der Waals surface area contributed by atoms with E-state index in [-0.39, 0.29) is 0 Å². The van der Waals surface area contributed by atoms with Gasteiger partial charge in [0.2, 0.25) is 0 Å². The smallest absolute Gasteiger partial charge is 0.118 e. The summed E-state index contributed by atoms with van der Waals surface area (Å²) in [6.45, 7) is 8.85. The molecule has 2 saturated heterocycles. The SMILES string of the molecule is Cc1ccc(CN2C[C@H]3CN(Cc4cccnc4)C[C@H]3C2)o1. The minimum atomic E-state index is 0.813. The average Bonchev–Trinajstić information content (AvgIpc) is 3.16. The van der Waals surface area contributed by atoms with Crippen LogP contribution in [0.5, 0.6) is 0 Å². The van der Waals surface area contributed by atoms with E-state index in [0.717, 1.165) is 36.4 Å². The number of pyridine rings is 1. The Morgan fingerprint density at radius 1 is 1.05 bits per heavy atom. The van der Waals surface area contributed by atoms with Crippen LogP contribution in [0, 0.1) is 18.8 Å². The van der Waals surface area contributed by atoms with Crippen molar-refractivity contribution in [3.8, 4) is 0 Å². The zero-order valence-electron chi connectivity index (χ0n) is 13.1. The van der Waals surface area contributed by atoms with Crippen LogP contribution in [-0.2, 0) is 13.1 Å². The molecule has 2 atom stereocenters. The van der Waals surface area contributed by atoms with Crippen LogP contribution < -0.4 is 0 Å². The van der Waals surface area contributed by atoms with Gasteiger partial charge in [-0.15, -0.1) is 0 Å². The molecular weight excluding hydrogens is 274 g/mol. The van der Waals surface area contributed by atoms with Gasteiger partial charge in [0.05, 0.1) is 6.54 Å². The molecule has 2 aromatic rings. The fourth-order valence-corrected chi connectivity index (χ4v) is 3.99. The van der Waals surface area contributed by atoms with Crippen LogP contribution in [0.1, 0.15) is 17.1 Å². The highest BCUT2D eigenvalue weighted by atomic mass is 16.3. The van der Waals surface area contributed by atoms with Crippen LogP contribution in [0.4, 0.5) is 0 Å². The highest BCUT2D eigenvalue weighted by Gasteiger charge is 2.39. The molecule has 2 aliphatic heterocycles. The van der Waals surface area contributed by atoms with E-state index in [0.29, 0.717) is 0 Å². The molecule has 0 saturated carbocycles. The average molecular weight is 297 g/mol. The molecule has 0 bridgehead atoms. The van der Waals surface area contributed by atoms with Gasteiger partial charge in [-0.2, -0.15) is 0 Å². The molecule has 2 fully saturated rings. The van der Waals surface area contributed by atoms with Gasteiger partial charge >= 0.3 is 0 Å². The first-order chi connectivity index (χ1) is 10.8. The van der Waals surface area contributed by atoms with Crippen LogP contribution in [-0.4, -0.2) is 41.0 Å². The van der Waals surface area contributed by atoms with Crippen molar-refractivity contribution in [3.63, 3.8) is 0 Å². The number of aromatic nitrogens is 1. The number of fused-ring (bicyclic) bond motifs is 1. The molecule has 4 nitrogen and oxygen atoms in total.